The maximum absolute atomic E-state index is 12.4. The first-order chi connectivity index (χ1) is 9.47. The van der Waals surface area contributed by atoms with Crippen LogP contribution in [0.2, 0.25) is 10.0 Å². The fourth-order valence-electron chi connectivity index (χ4n) is 2.07. The van der Waals surface area contributed by atoms with E-state index in [0.717, 1.165) is 0 Å². The average molecular weight is 309 g/mol. The lowest BCUT2D eigenvalue weighted by molar-refractivity contribution is -0.384. The van der Waals surface area contributed by atoms with Crippen molar-refractivity contribution >= 4 is 50.7 Å². The quantitative estimate of drug-likeness (QED) is 0.421. The van der Waals surface area contributed by atoms with E-state index in [1.54, 1.807) is 6.07 Å². The van der Waals surface area contributed by atoms with Gasteiger partial charge in [0.2, 0.25) is 0 Å². The summed E-state index contributed by atoms with van der Waals surface area (Å²) in [5.41, 5.74) is 0.579. The topological polar surface area (TPSA) is 76.0 Å². The van der Waals surface area contributed by atoms with Crippen LogP contribution in [0, 0.1) is 10.1 Å². The number of pyridine rings is 1. The standard InChI is InChI=1S/C13H6Cl2N2O3/c14-9-4-8-12(5-10(9)15)16-11-2-1-6(17(19)20)3-7(11)13(8)18/h1-5H,(H,16,18). The fraction of sp³-hybridized carbons (Fsp3) is 0. The number of benzene rings is 2. The lowest BCUT2D eigenvalue weighted by atomic mass is 10.1. The first-order valence-corrected chi connectivity index (χ1v) is 6.32. The summed E-state index contributed by atoms with van der Waals surface area (Å²) in [6.07, 6.45) is 0. The first kappa shape index (κ1) is 12.9. The van der Waals surface area contributed by atoms with Gasteiger partial charge in [-0.05, 0) is 18.2 Å². The van der Waals surface area contributed by atoms with Crippen LogP contribution >= 0.6 is 23.2 Å². The largest absolute Gasteiger partial charge is 0.354 e. The van der Waals surface area contributed by atoms with E-state index >= 15 is 0 Å². The Bertz CT molecular complexity index is 934. The van der Waals surface area contributed by atoms with Crippen LogP contribution in [0.3, 0.4) is 0 Å². The van der Waals surface area contributed by atoms with Gasteiger partial charge in [-0.15, -0.1) is 0 Å². The minimum absolute atomic E-state index is 0.137. The monoisotopic (exact) mass is 308 g/mol. The van der Waals surface area contributed by atoms with Gasteiger partial charge in [0.25, 0.3) is 5.69 Å². The highest BCUT2D eigenvalue weighted by Gasteiger charge is 2.12. The molecule has 1 aromatic heterocycles. The number of nitro groups is 1. The lowest BCUT2D eigenvalue weighted by Gasteiger charge is -2.04. The number of hydrogen-bond donors (Lipinski definition) is 1. The number of aromatic nitrogens is 1. The molecule has 0 saturated carbocycles. The van der Waals surface area contributed by atoms with Crippen molar-refractivity contribution in [1.29, 1.82) is 0 Å². The smallest absolute Gasteiger partial charge is 0.270 e. The summed E-state index contributed by atoms with van der Waals surface area (Å²) in [6, 6.07) is 7.09. The number of aromatic amines is 1. The van der Waals surface area contributed by atoms with Gasteiger partial charge in [0.05, 0.1) is 31.4 Å². The van der Waals surface area contributed by atoms with Crippen molar-refractivity contribution in [2.75, 3.05) is 0 Å². The Labute approximate surface area is 121 Å². The zero-order valence-electron chi connectivity index (χ0n) is 9.81. The molecule has 1 heterocycles. The summed E-state index contributed by atoms with van der Waals surface area (Å²) < 4.78 is 0. The lowest BCUT2D eigenvalue weighted by Crippen LogP contribution is -2.05. The summed E-state index contributed by atoms with van der Waals surface area (Å²) in [5, 5.41) is 11.9. The molecule has 0 aliphatic carbocycles. The maximum Gasteiger partial charge on any atom is 0.270 e. The third-order valence-electron chi connectivity index (χ3n) is 3.03. The van der Waals surface area contributed by atoms with Crippen LogP contribution in [-0.4, -0.2) is 9.91 Å². The van der Waals surface area contributed by atoms with E-state index in [1.807, 2.05) is 0 Å². The molecule has 0 atom stereocenters. The van der Waals surface area contributed by atoms with Gasteiger partial charge in [-0.3, -0.25) is 14.9 Å². The second kappa shape index (κ2) is 4.47. The summed E-state index contributed by atoms with van der Waals surface area (Å²) in [5.74, 6) is 0. The molecule has 0 aliphatic heterocycles. The highest BCUT2D eigenvalue weighted by Crippen LogP contribution is 2.27. The van der Waals surface area contributed by atoms with Crippen LogP contribution < -0.4 is 5.43 Å². The Hall–Kier alpha value is -2.11. The van der Waals surface area contributed by atoms with Crippen LogP contribution in [0.1, 0.15) is 0 Å². The zero-order chi connectivity index (χ0) is 14.4. The highest BCUT2D eigenvalue weighted by molar-refractivity contribution is 6.42. The van der Waals surface area contributed by atoms with Crippen LogP contribution in [0.4, 0.5) is 5.69 Å². The van der Waals surface area contributed by atoms with E-state index in [4.69, 9.17) is 23.2 Å². The molecule has 20 heavy (non-hydrogen) atoms. The van der Waals surface area contributed by atoms with Crippen LogP contribution in [0.25, 0.3) is 21.8 Å². The maximum atomic E-state index is 12.4. The average Bonchev–Trinajstić information content (AvgIpc) is 2.41. The van der Waals surface area contributed by atoms with Crippen LogP contribution in [-0.2, 0) is 0 Å². The number of H-pyrrole nitrogens is 1. The Morgan fingerprint density at radius 3 is 2.35 bits per heavy atom. The number of rotatable bonds is 1. The first-order valence-electron chi connectivity index (χ1n) is 5.56. The normalized spacial score (nSPS) is 11.1. The molecule has 0 unspecified atom stereocenters. The van der Waals surface area contributed by atoms with Crippen LogP contribution in [0.5, 0.6) is 0 Å². The summed E-state index contributed by atoms with van der Waals surface area (Å²) >= 11 is 11.8. The second-order valence-corrected chi connectivity index (χ2v) is 5.07. The third-order valence-corrected chi connectivity index (χ3v) is 3.76. The number of nitro benzene ring substituents is 1. The molecule has 3 rings (SSSR count). The number of fused-ring (bicyclic) bond motifs is 2. The SMILES string of the molecule is O=c1c2cc([N+](=O)[O-])ccc2[nH]c2cc(Cl)c(Cl)cc12. The number of halogens is 2. The predicted molar refractivity (Wildman–Crippen MR) is 78.7 cm³/mol. The number of nitrogens with zero attached hydrogens (tertiary/aromatic N) is 1. The summed E-state index contributed by atoms with van der Waals surface area (Å²) in [7, 11) is 0. The zero-order valence-corrected chi connectivity index (χ0v) is 11.3. The van der Waals surface area contributed by atoms with Gasteiger partial charge in [-0.1, -0.05) is 23.2 Å². The number of nitrogens with one attached hydrogen (secondary N) is 1. The molecule has 0 spiro atoms. The van der Waals surface area contributed by atoms with E-state index in [2.05, 4.69) is 4.98 Å². The molecule has 7 heteroatoms. The van der Waals surface area contributed by atoms with Crippen molar-refractivity contribution in [3.8, 4) is 0 Å². The van der Waals surface area contributed by atoms with Gasteiger partial charge in [-0.2, -0.15) is 0 Å². The molecule has 3 aromatic rings. The van der Waals surface area contributed by atoms with Crippen molar-refractivity contribution < 1.29 is 4.92 Å². The van der Waals surface area contributed by atoms with Gasteiger partial charge >= 0.3 is 0 Å². The molecule has 0 bridgehead atoms. The highest BCUT2D eigenvalue weighted by atomic mass is 35.5. The van der Waals surface area contributed by atoms with Crippen molar-refractivity contribution in [2.24, 2.45) is 0 Å². The molecule has 0 saturated heterocycles. The number of non-ortho nitro benzene ring substituents is 1. The minimum atomic E-state index is -0.544. The molecule has 0 aliphatic rings. The molecule has 5 nitrogen and oxygen atoms in total. The van der Waals surface area contributed by atoms with Gasteiger partial charge in [0.15, 0.2) is 5.43 Å². The van der Waals surface area contributed by atoms with Crippen molar-refractivity contribution in [3.05, 3.63) is 60.7 Å². The fourth-order valence-corrected chi connectivity index (χ4v) is 2.40. The number of hydrogen-bond acceptors (Lipinski definition) is 3. The second-order valence-electron chi connectivity index (χ2n) is 4.25. The van der Waals surface area contributed by atoms with E-state index in [-0.39, 0.29) is 21.5 Å². The van der Waals surface area contributed by atoms with Gasteiger partial charge in [0, 0.05) is 17.5 Å². The molecule has 0 radical (unpaired) electrons. The molecule has 100 valence electrons. The molecule has 2 aromatic carbocycles. The van der Waals surface area contributed by atoms with E-state index in [9.17, 15) is 14.9 Å². The predicted octanol–water partition coefficient (Wildman–Crippen LogP) is 3.90. The summed E-state index contributed by atoms with van der Waals surface area (Å²) in [6.45, 7) is 0. The Kier molecular flexibility index (Phi) is 2.88. The molecule has 1 N–H and O–H groups in total. The van der Waals surface area contributed by atoms with Crippen molar-refractivity contribution in [2.45, 2.75) is 0 Å². The molecule has 0 amide bonds. The van der Waals surface area contributed by atoms with E-state index < -0.39 is 4.92 Å². The Morgan fingerprint density at radius 2 is 1.65 bits per heavy atom. The van der Waals surface area contributed by atoms with Crippen LogP contribution in [0.15, 0.2) is 35.1 Å². The van der Waals surface area contributed by atoms with E-state index in [0.29, 0.717) is 21.4 Å². The molecular weight excluding hydrogens is 303 g/mol. The summed E-state index contributed by atoms with van der Waals surface area (Å²) in [4.78, 5) is 25.6. The van der Waals surface area contributed by atoms with Crippen molar-refractivity contribution in [1.82, 2.24) is 4.98 Å². The third kappa shape index (κ3) is 1.92. The molecular formula is C13H6Cl2N2O3. The molecule has 0 fully saturated rings. The van der Waals surface area contributed by atoms with Crippen molar-refractivity contribution in [3.63, 3.8) is 0 Å². The van der Waals surface area contributed by atoms with E-state index in [1.165, 1.54) is 24.3 Å². The van der Waals surface area contributed by atoms with Gasteiger partial charge < -0.3 is 4.98 Å². The Morgan fingerprint density at radius 1 is 1.00 bits per heavy atom. The van der Waals surface area contributed by atoms with Gasteiger partial charge in [-0.25, -0.2) is 0 Å². The minimum Gasteiger partial charge on any atom is -0.354 e. The Balaban J connectivity index is 2.48. The van der Waals surface area contributed by atoms with Gasteiger partial charge in [0.1, 0.15) is 0 Å².